The first-order valence-corrected chi connectivity index (χ1v) is 17.7. The lowest BCUT2D eigenvalue weighted by Crippen LogP contribution is -2.47. The number of benzene rings is 1. The number of hydrogen-bond acceptors (Lipinski definition) is 9. The summed E-state index contributed by atoms with van der Waals surface area (Å²) < 4.78 is 79.9. The molecule has 1 aromatic carbocycles. The molecule has 3 atom stereocenters. The number of nitrogens with zero attached hydrogens (tertiary/aromatic N) is 4. The molecule has 39 heavy (non-hydrogen) atoms. The molecule has 2 aromatic rings. The maximum absolute atomic E-state index is 12.9. The van der Waals surface area contributed by atoms with Crippen LogP contribution >= 0.6 is 0 Å². The summed E-state index contributed by atoms with van der Waals surface area (Å²) in [6.45, 7) is 12.7. The van der Waals surface area contributed by atoms with Crippen molar-refractivity contribution in [2.45, 2.75) is 70.0 Å². The first-order valence-electron chi connectivity index (χ1n) is 12.6. The number of morpholine rings is 1. The van der Waals surface area contributed by atoms with E-state index in [2.05, 4.69) is 44.1 Å². The molecule has 1 unspecified atom stereocenters. The highest BCUT2D eigenvalue weighted by molar-refractivity contribution is 7.88. The number of nitrogens with one attached hydrogen (secondary N) is 1. The fourth-order valence-corrected chi connectivity index (χ4v) is 5.65. The Morgan fingerprint density at radius 2 is 1.87 bits per heavy atom. The molecule has 1 fully saturated rings. The molecule has 0 radical (unpaired) electrons. The number of hydrogen-bond donors (Lipinski definition) is 1. The van der Waals surface area contributed by atoms with Crippen LogP contribution in [0.15, 0.2) is 35.1 Å². The molecule has 0 spiro atoms. The molecule has 15 heteroatoms. The second kappa shape index (κ2) is 11.1. The largest absolute Gasteiger partial charge is 0.534 e. The lowest BCUT2D eigenvalue weighted by Gasteiger charge is -2.38. The van der Waals surface area contributed by atoms with Crippen molar-refractivity contribution >= 4 is 35.4 Å². The van der Waals surface area contributed by atoms with Gasteiger partial charge in [-0.3, -0.25) is 4.99 Å². The average molecular weight is 590 g/mol. The van der Waals surface area contributed by atoms with Crippen LogP contribution in [0.2, 0.25) is 25.7 Å². The lowest BCUT2D eigenvalue weighted by atomic mass is 10.1. The van der Waals surface area contributed by atoms with Crippen LogP contribution in [-0.4, -0.2) is 74.9 Å². The Morgan fingerprint density at radius 1 is 1.18 bits per heavy atom. The van der Waals surface area contributed by atoms with Crippen LogP contribution in [0, 0.1) is 0 Å². The van der Waals surface area contributed by atoms with Crippen molar-refractivity contribution < 1.29 is 35.2 Å². The fraction of sp³-hybridized carbons (Fsp3) is 0.583. The van der Waals surface area contributed by atoms with Crippen LogP contribution in [-0.2, 0) is 26.3 Å². The number of rotatable bonds is 9. The Labute approximate surface area is 226 Å². The van der Waals surface area contributed by atoms with Crippen LogP contribution in [0.5, 0.6) is 5.75 Å². The van der Waals surface area contributed by atoms with Gasteiger partial charge in [-0.05, 0) is 44.2 Å². The van der Waals surface area contributed by atoms with Gasteiger partial charge in [-0.1, -0.05) is 19.6 Å². The van der Waals surface area contributed by atoms with E-state index >= 15 is 0 Å². The molecule has 0 bridgehead atoms. The third kappa shape index (κ3) is 7.12. The van der Waals surface area contributed by atoms with Crippen molar-refractivity contribution in [3.63, 3.8) is 0 Å². The molecule has 2 aliphatic heterocycles. The molecule has 0 aliphatic carbocycles. The monoisotopic (exact) mass is 589 g/mol. The van der Waals surface area contributed by atoms with Crippen LogP contribution < -0.4 is 9.50 Å². The van der Waals surface area contributed by atoms with Gasteiger partial charge in [0, 0.05) is 33.2 Å². The smallest absolute Gasteiger partial charge is 0.376 e. The highest BCUT2D eigenvalue weighted by Gasteiger charge is 2.48. The van der Waals surface area contributed by atoms with Gasteiger partial charge >= 0.3 is 15.6 Å². The van der Waals surface area contributed by atoms with E-state index in [1.54, 1.807) is 11.0 Å². The van der Waals surface area contributed by atoms with Gasteiger partial charge in [0.2, 0.25) is 0 Å². The molecule has 4 rings (SSSR count). The van der Waals surface area contributed by atoms with Crippen molar-refractivity contribution in [3.05, 3.63) is 35.8 Å². The Balaban J connectivity index is 1.71. The van der Waals surface area contributed by atoms with E-state index in [-0.39, 0.29) is 18.9 Å². The minimum absolute atomic E-state index is 0.0233. The average Bonchev–Trinajstić information content (AvgIpc) is 3.17. The molecule has 1 N–H and O–H groups in total. The fourth-order valence-electron chi connectivity index (χ4n) is 4.44. The van der Waals surface area contributed by atoms with Gasteiger partial charge in [0.05, 0.1) is 29.8 Å². The van der Waals surface area contributed by atoms with Gasteiger partial charge in [0.1, 0.15) is 24.3 Å². The molecule has 1 saturated heterocycles. The van der Waals surface area contributed by atoms with Crippen molar-refractivity contribution in [3.8, 4) is 5.75 Å². The quantitative estimate of drug-likeness (QED) is 0.201. The molecular weight excluding hydrogens is 555 g/mol. The molecular formula is C24H34F3N5O5SSi. The molecule has 0 saturated carbocycles. The highest BCUT2D eigenvalue weighted by Crippen LogP contribution is 2.34. The summed E-state index contributed by atoms with van der Waals surface area (Å²) in [5.41, 5.74) is -4.58. The number of aliphatic imine (C=N–C) groups is 1. The minimum atomic E-state index is -5.83. The van der Waals surface area contributed by atoms with Crippen molar-refractivity contribution in [2.24, 2.45) is 4.99 Å². The standard InChI is InChI=1S/C24H34F3N5O5SSi/c1-16-12-31(13-17(2)36-16)22-11-21(28-14-29-22)23-19-10-18(37-38(33,34)24(25,26)27)6-7-20(19)30-32(23)15-35-8-9-39(3,4)5/h6-7,10-11,14,16-17,21H,8-9,12-13,15H2,1-5H3,(H,28,29)/t16-,17+,21?. The van der Waals surface area contributed by atoms with Crippen molar-refractivity contribution in [1.29, 1.82) is 0 Å². The summed E-state index contributed by atoms with van der Waals surface area (Å²) in [7, 11) is -7.17. The SMILES string of the molecule is C[C@@H]1CN(C2=CC(c3c4cc(OS(=O)(=O)C(F)(F)F)ccc4nn3COCC[Si](C)(C)C)N=CN2)C[C@H](C)O1. The van der Waals surface area contributed by atoms with Crippen molar-refractivity contribution in [2.75, 3.05) is 19.7 Å². The van der Waals surface area contributed by atoms with Gasteiger partial charge < -0.3 is 23.9 Å². The van der Waals surface area contributed by atoms with Gasteiger partial charge in [-0.2, -0.15) is 26.7 Å². The molecule has 1 aromatic heterocycles. The molecule has 3 heterocycles. The first kappa shape index (κ1) is 29.4. The van der Waals surface area contributed by atoms with Gasteiger partial charge in [0.15, 0.2) is 0 Å². The topological polar surface area (TPSA) is 107 Å². The van der Waals surface area contributed by atoms with Gasteiger partial charge in [-0.15, -0.1) is 0 Å². The second-order valence-electron chi connectivity index (χ2n) is 11.0. The summed E-state index contributed by atoms with van der Waals surface area (Å²) in [6.07, 6.45) is 3.51. The first-order chi connectivity index (χ1) is 18.1. The Kier molecular flexibility index (Phi) is 8.36. The number of fused-ring (bicyclic) bond motifs is 1. The Bertz CT molecular complexity index is 1350. The number of aromatic nitrogens is 2. The Morgan fingerprint density at radius 3 is 2.51 bits per heavy atom. The number of ether oxygens (including phenoxy) is 2. The maximum atomic E-state index is 12.9. The van der Waals surface area contributed by atoms with E-state index in [4.69, 9.17) is 9.47 Å². The zero-order valence-corrected chi connectivity index (χ0v) is 24.3. The minimum Gasteiger partial charge on any atom is -0.376 e. The molecule has 0 amide bonds. The summed E-state index contributed by atoms with van der Waals surface area (Å²) in [5.74, 6) is 0.336. The Hall–Kier alpha value is -2.62. The van der Waals surface area contributed by atoms with Crippen LogP contribution in [0.3, 0.4) is 0 Å². The predicted octanol–water partition coefficient (Wildman–Crippen LogP) is 4.20. The second-order valence-corrected chi connectivity index (χ2v) is 18.1. The number of alkyl halides is 3. The van der Waals surface area contributed by atoms with E-state index in [0.29, 0.717) is 36.3 Å². The van der Waals surface area contributed by atoms with E-state index in [0.717, 1.165) is 17.9 Å². The van der Waals surface area contributed by atoms with Gasteiger partial charge in [-0.25, -0.2) is 4.68 Å². The molecule has 2 aliphatic rings. The van der Waals surface area contributed by atoms with Crippen LogP contribution in [0.4, 0.5) is 13.2 Å². The van der Waals surface area contributed by atoms with E-state index in [9.17, 15) is 21.6 Å². The zero-order chi connectivity index (χ0) is 28.6. The van der Waals surface area contributed by atoms with Crippen molar-refractivity contribution in [1.82, 2.24) is 20.0 Å². The summed E-state index contributed by atoms with van der Waals surface area (Å²) in [4.78, 5) is 6.71. The maximum Gasteiger partial charge on any atom is 0.534 e. The zero-order valence-electron chi connectivity index (χ0n) is 22.5. The van der Waals surface area contributed by atoms with E-state index in [1.165, 1.54) is 12.1 Å². The van der Waals surface area contributed by atoms with Crippen LogP contribution in [0.25, 0.3) is 10.9 Å². The molecule has 10 nitrogen and oxygen atoms in total. The van der Waals surface area contributed by atoms with E-state index in [1.807, 2.05) is 19.9 Å². The van der Waals surface area contributed by atoms with Crippen LogP contribution in [0.1, 0.15) is 25.6 Å². The highest BCUT2D eigenvalue weighted by atomic mass is 32.2. The third-order valence-corrected chi connectivity index (χ3v) is 8.94. The predicted molar refractivity (Wildman–Crippen MR) is 143 cm³/mol. The number of halogens is 3. The summed E-state index contributed by atoms with van der Waals surface area (Å²) >= 11 is 0. The van der Waals surface area contributed by atoms with Gasteiger partial charge in [0.25, 0.3) is 0 Å². The lowest BCUT2D eigenvalue weighted by molar-refractivity contribution is -0.0591. The normalized spacial score (nSPS) is 22.6. The summed E-state index contributed by atoms with van der Waals surface area (Å²) in [5, 5.41) is 8.16. The summed E-state index contributed by atoms with van der Waals surface area (Å²) in [6, 6.07) is 4.17. The molecule has 216 valence electrons. The van der Waals surface area contributed by atoms with E-state index < -0.39 is 35.5 Å². The third-order valence-electron chi connectivity index (χ3n) is 6.25.